The van der Waals surface area contributed by atoms with Crippen LogP contribution in [0.2, 0.25) is 0 Å². The number of phenolic OH excluding ortho intramolecular Hbond substituents is 1. The fourth-order valence-electron chi connectivity index (χ4n) is 5.72. The van der Waals surface area contributed by atoms with Gasteiger partial charge in [0.15, 0.2) is 0 Å². The number of hydrogen-bond acceptors (Lipinski definition) is 10. The predicted octanol–water partition coefficient (Wildman–Crippen LogP) is -1.34. The van der Waals surface area contributed by atoms with E-state index in [1.165, 1.54) is 29.6 Å². The van der Waals surface area contributed by atoms with Crippen molar-refractivity contribution < 1.29 is 39.0 Å². The third kappa shape index (κ3) is 11.5. The number of aromatic hydroxyl groups is 1. The Labute approximate surface area is 290 Å². The summed E-state index contributed by atoms with van der Waals surface area (Å²) in [6, 6.07) is 0.529. The van der Waals surface area contributed by atoms with Gasteiger partial charge in [-0.3, -0.25) is 24.0 Å². The Balaban J connectivity index is 1.84. The van der Waals surface area contributed by atoms with E-state index in [1.807, 2.05) is 0 Å². The van der Waals surface area contributed by atoms with Gasteiger partial charge in [-0.1, -0.05) is 26.0 Å². The van der Waals surface area contributed by atoms with Crippen LogP contribution in [-0.4, -0.2) is 110 Å². The van der Waals surface area contributed by atoms with Crippen molar-refractivity contribution in [2.24, 2.45) is 17.4 Å². The third-order valence-electron chi connectivity index (χ3n) is 8.45. The summed E-state index contributed by atoms with van der Waals surface area (Å²) >= 11 is 0. The molecule has 0 radical (unpaired) electrons. The van der Waals surface area contributed by atoms with E-state index in [0.29, 0.717) is 37.1 Å². The summed E-state index contributed by atoms with van der Waals surface area (Å²) in [6.45, 7) is 3.69. The van der Waals surface area contributed by atoms with Crippen molar-refractivity contribution in [3.8, 4) is 5.75 Å². The topological polar surface area (TPSA) is 275 Å². The van der Waals surface area contributed by atoms with Gasteiger partial charge in [0.1, 0.15) is 36.0 Å². The van der Waals surface area contributed by atoms with Crippen LogP contribution >= 0.6 is 0 Å². The SMILES string of the molecule is CC(C)[C@H](NC(=O)CN)C(=O)N[C@@H](Cc1ccc(O)cc1)C(=O)N1CCC[C@H]1C(=O)N[C@@H](Cc1cnc[nH]1)C(=O)N[C@@H](CCCCN)C(=O)O. The van der Waals surface area contributed by atoms with Crippen molar-refractivity contribution in [3.63, 3.8) is 0 Å². The third-order valence-corrected chi connectivity index (χ3v) is 8.45. The standard InChI is InChI=1S/C33H49N9O8/c1-19(2)28(41-27(44)16-35)31(47)40-25(14-20-8-10-22(43)11-9-20)32(48)42-13-5-7-26(42)30(46)39-24(15-21-17-36-18-37-21)29(45)38-23(33(49)50)6-3-4-12-34/h8-11,17-19,23-26,28,43H,3-7,12-16,34-35H2,1-2H3,(H,36,37)(H,38,45)(H,39,46)(H,40,47)(H,41,44)(H,49,50)/t23-,24-,25-,26-,28-/m0/s1. The molecule has 0 spiro atoms. The van der Waals surface area contributed by atoms with E-state index in [4.69, 9.17) is 11.5 Å². The minimum Gasteiger partial charge on any atom is -0.508 e. The zero-order chi connectivity index (χ0) is 36.8. The number of nitrogens with one attached hydrogen (secondary N) is 5. The number of carbonyl (C=O) groups is 6. The molecule has 17 nitrogen and oxygen atoms in total. The Morgan fingerprint density at radius 2 is 1.64 bits per heavy atom. The molecule has 274 valence electrons. The molecule has 2 heterocycles. The molecule has 3 rings (SSSR count). The highest BCUT2D eigenvalue weighted by atomic mass is 16.4. The lowest BCUT2D eigenvalue weighted by atomic mass is 10.00. The van der Waals surface area contributed by atoms with E-state index < -0.39 is 65.7 Å². The molecule has 0 saturated carbocycles. The number of phenols is 1. The average molecular weight is 700 g/mol. The van der Waals surface area contributed by atoms with E-state index in [2.05, 4.69) is 31.2 Å². The summed E-state index contributed by atoms with van der Waals surface area (Å²) in [4.78, 5) is 87.0. The maximum atomic E-state index is 14.2. The van der Waals surface area contributed by atoms with Crippen LogP contribution in [0.15, 0.2) is 36.8 Å². The summed E-state index contributed by atoms with van der Waals surface area (Å²) in [5.74, 6) is -4.63. The van der Waals surface area contributed by atoms with Gasteiger partial charge >= 0.3 is 5.97 Å². The van der Waals surface area contributed by atoms with Gasteiger partial charge in [-0.05, 0) is 62.3 Å². The number of carboxylic acids is 1. The number of carboxylic acid groups (broad SMARTS) is 1. The van der Waals surface area contributed by atoms with Crippen LogP contribution in [-0.2, 0) is 41.6 Å². The zero-order valence-corrected chi connectivity index (χ0v) is 28.4. The normalized spacial score (nSPS) is 16.6. The Morgan fingerprint density at radius 3 is 2.24 bits per heavy atom. The number of unbranched alkanes of at least 4 members (excludes halogenated alkanes) is 1. The van der Waals surface area contributed by atoms with Crippen molar-refractivity contribution >= 4 is 35.5 Å². The highest BCUT2D eigenvalue weighted by molar-refractivity contribution is 5.96. The molecule has 0 bridgehead atoms. The first-order valence-electron chi connectivity index (χ1n) is 16.7. The second-order valence-electron chi connectivity index (χ2n) is 12.6. The fraction of sp³-hybridized carbons (Fsp3) is 0.545. The maximum Gasteiger partial charge on any atom is 0.326 e. The highest BCUT2D eigenvalue weighted by Gasteiger charge is 2.40. The molecule has 1 aliphatic rings. The van der Waals surface area contributed by atoms with Gasteiger partial charge in [0.25, 0.3) is 0 Å². The number of nitrogens with two attached hydrogens (primary N) is 2. The monoisotopic (exact) mass is 699 g/mol. The number of hydrogen-bond donors (Lipinski definition) is 9. The predicted molar refractivity (Wildman–Crippen MR) is 181 cm³/mol. The van der Waals surface area contributed by atoms with Crippen molar-refractivity contribution in [2.45, 2.75) is 89.0 Å². The molecule has 1 aliphatic heterocycles. The number of nitrogens with zero attached hydrogens (tertiary/aromatic N) is 2. The van der Waals surface area contributed by atoms with Gasteiger partial charge in [0, 0.05) is 31.3 Å². The fourth-order valence-corrected chi connectivity index (χ4v) is 5.72. The van der Waals surface area contributed by atoms with Gasteiger partial charge in [-0.15, -0.1) is 0 Å². The Hall–Kier alpha value is -5.03. The van der Waals surface area contributed by atoms with E-state index in [0.717, 1.165) is 0 Å². The van der Waals surface area contributed by atoms with Gasteiger partial charge in [0.2, 0.25) is 29.5 Å². The number of rotatable bonds is 19. The van der Waals surface area contributed by atoms with Crippen LogP contribution in [0.4, 0.5) is 0 Å². The molecule has 1 aromatic heterocycles. The highest BCUT2D eigenvalue weighted by Crippen LogP contribution is 2.21. The van der Waals surface area contributed by atoms with E-state index in [9.17, 15) is 39.0 Å². The number of aromatic nitrogens is 2. The van der Waals surface area contributed by atoms with Gasteiger partial charge in [0.05, 0.1) is 12.9 Å². The number of imidazole rings is 1. The molecular formula is C33H49N9O8. The molecule has 5 amide bonds. The summed E-state index contributed by atoms with van der Waals surface area (Å²) < 4.78 is 0. The van der Waals surface area contributed by atoms with Crippen LogP contribution in [0.5, 0.6) is 5.75 Å². The van der Waals surface area contributed by atoms with Crippen LogP contribution in [0, 0.1) is 5.92 Å². The van der Waals surface area contributed by atoms with Crippen LogP contribution in [0.25, 0.3) is 0 Å². The summed E-state index contributed by atoms with van der Waals surface area (Å²) in [6.07, 6.45) is 4.80. The Bertz CT molecular complexity index is 1450. The summed E-state index contributed by atoms with van der Waals surface area (Å²) in [5, 5.41) is 30.0. The molecule has 5 atom stereocenters. The van der Waals surface area contributed by atoms with E-state index in [1.54, 1.807) is 26.0 Å². The molecule has 1 fully saturated rings. The molecule has 1 saturated heterocycles. The molecule has 2 aromatic rings. The molecule has 17 heteroatoms. The molecule has 11 N–H and O–H groups in total. The second kappa shape index (κ2) is 19.2. The van der Waals surface area contributed by atoms with Crippen molar-refractivity contribution in [1.29, 1.82) is 0 Å². The van der Waals surface area contributed by atoms with Crippen molar-refractivity contribution in [3.05, 3.63) is 48.0 Å². The van der Waals surface area contributed by atoms with Crippen molar-refractivity contribution in [1.82, 2.24) is 36.1 Å². The first-order chi connectivity index (χ1) is 23.8. The number of amides is 5. The molecule has 50 heavy (non-hydrogen) atoms. The maximum absolute atomic E-state index is 14.2. The number of carbonyl (C=O) groups excluding carboxylic acids is 5. The van der Waals surface area contributed by atoms with Crippen LogP contribution in [0.1, 0.15) is 57.2 Å². The van der Waals surface area contributed by atoms with Gasteiger partial charge in [-0.25, -0.2) is 9.78 Å². The molecule has 1 aromatic carbocycles. The minimum absolute atomic E-state index is 0.0108. The van der Waals surface area contributed by atoms with E-state index in [-0.39, 0.29) is 50.4 Å². The first-order valence-corrected chi connectivity index (χ1v) is 16.7. The smallest absolute Gasteiger partial charge is 0.326 e. The quantitative estimate of drug-likeness (QED) is 0.0774. The lowest BCUT2D eigenvalue weighted by Crippen LogP contribution is -2.59. The van der Waals surface area contributed by atoms with Gasteiger partial charge < -0.3 is 52.8 Å². The lowest BCUT2D eigenvalue weighted by molar-refractivity contribution is -0.143. The average Bonchev–Trinajstić information content (AvgIpc) is 3.79. The van der Waals surface area contributed by atoms with Crippen molar-refractivity contribution in [2.75, 3.05) is 19.6 Å². The molecule has 0 aliphatic carbocycles. The Morgan fingerprint density at radius 1 is 0.940 bits per heavy atom. The summed E-state index contributed by atoms with van der Waals surface area (Å²) in [5.41, 5.74) is 12.1. The zero-order valence-electron chi connectivity index (χ0n) is 28.4. The largest absolute Gasteiger partial charge is 0.508 e. The van der Waals surface area contributed by atoms with Crippen LogP contribution < -0.4 is 32.7 Å². The minimum atomic E-state index is -1.22. The lowest BCUT2D eigenvalue weighted by Gasteiger charge is -2.31. The number of H-pyrrole nitrogens is 1. The van der Waals surface area contributed by atoms with E-state index >= 15 is 0 Å². The summed E-state index contributed by atoms with van der Waals surface area (Å²) in [7, 11) is 0. The second-order valence-corrected chi connectivity index (χ2v) is 12.6. The number of benzene rings is 1. The van der Waals surface area contributed by atoms with Crippen LogP contribution in [0.3, 0.4) is 0 Å². The number of aliphatic carboxylic acids is 1. The number of likely N-dealkylation sites (tertiary alicyclic amines) is 1. The molecular weight excluding hydrogens is 650 g/mol. The number of aromatic amines is 1. The van der Waals surface area contributed by atoms with Gasteiger partial charge in [-0.2, -0.15) is 0 Å². The Kier molecular flexibility index (Phi) is 15.2. The molecule has 0 unspecified atom stereocenters. The first kappa shape index (κ1) is 39.4.